The van der Waals surface area contributed by atoms with E-state index in [2.05, 4.69) is 35.6 Å². The average molecular weight is 338 g/mol. The lowest BCUT2D eigenvalue weighted by atomic mass is 10.1. The summed E-state index contributed by atoms with van der Waals surface area (Å²) in [5, 5.41) is 16.8. The number of H-pyrrole nitrogens is 1. The fraction of sp³-hybridized carbons (Fsp3) is 0.312. The summed E-state index contributed by atoms with van der Waals surface area (Å²) in [6.45, 7) is 2.19. The topological polar surface area (TPSA) is 105 Å². The Morgan fingerprint density at radius 1 is 1.04 bits per heavy atom. The number of nitrogens with zero attached hydrogens (tertiary/aromatic N) is 6. The van der Waals surface area contributed by atoms with Crippen LogP contribution < -0.4 is 10.2 Å². The van der Waals surface area contributed by atoms with Gasteiger partial charge < -0.3 is 10.2 Å². The lowest BCUT2D eigenvalue weighted by molar-refractivity contribution is 0.101. The predicted molar refractivity (Wildman–Crippen MR) is 91.8 cm³/mol. The van der Waals surface area contributed by atoms with Crippen LogP contribution in [0.15, 0.2) is 36.9 Å². The van der Waals surface area contributed by atoms with Gasteiger partial charge in [0, 0.05) is 24.5 Å². The van der Waals surface area contributed by atoms with E-state index in [0.29, 0.717) is 11.6 Å². The Hall–Kier alpha value is -3.23. The van der Waals surface area contributed by atoms with Crippen LogP contribution in [0.3, 0.4) is 0 Å². The number of aromatic amines is 1. The van der Waals surface area contributed by atoms with Gasteiger partial charge in [0.2, 0.25) is 5.82 Å². The molecule has 1 aromatic carbocycles. The molecule has 25 heavy (non-hydrogen) atoms. The molecule has 0 aliphatic carbocycles. The Balaban J connectivity index is 1.42. The molecular weight excluding hydrogens is 320 g/mol. The van der Waals surface area contributed by atoms with Gasteiger partial charge in [0.1, 0.15) is 12.7 Å². The fourth-order valence-corrected chi connectivity index (χ4v) is 2.87. The highest BCUT2D eigenvalue weighted by Crippen LogP contribution is 2.22. The minimum Gasteiger partial charge on any atom is -0.372 e. The van der Waals surface area contributed by atoms with Crippen LogP contribution in [0.1, 0.15) is 29.9 Å². The zero-order chi connectivity index (χ0) is 17.1. The van der Waals surface area contributed by atoms with E-state index in [-0.39, 0.29) is 11.7 Å². The summed E-state index contributed by atoms with van der Waals surface area (Å²) in [4.78, 5) is 18.8. The molecule has 9 heteroatoms. The zero-order valence-electron chi connectivity index (χ0n) is 13.6. The van der Waals surface area contributed by atoms with Gasteiger partial charge in [-0.15, -0.1) is 15.3 Å². The first-order chi connectivity index (χ1) is 12.3. The van der Waals surface area contributed by atoms with Crippen LogP contribution in [0.25, 0.3) is 5.95 Å². The number of amides is 1. The van der Waals surface area contributed by atoms with Crippen molar-refractivity contribution < 1.29 is 4.79 Å². The normalized spacial score (nSPS) is 14.5. The SMILES string of the molecule is O=C(Nc1ccc(N2CCCCC2)cc1)c1nc(-n2cnnc2)n[nH]1. The van der Waals surface area contributed by atoms with E-state index in [9.17, 15) is 4.79 Å². The number of benzene rings is 1. The summed E-state index contributed by atoms with van der Waals surface area (Å²) in [7, 11) is 0. The van der Waals surface area contributed by atoms with Gasteiger partial charge in [0.15, 0.2) is 0 Å². The second-order valence-corrected chi connectivity index (χ2v) is 5.90. The van der Waals surface area contributed by atoms with Crippen molar-refractivity contribution in [2.24, 2.45) is 0 Å². The molecule has 2 N–H and O–H groups in total. The first-order valence-electron chi connectivity index (χ1n) is 8.23. The maximum Gasteiger partial charge on any atom is 0.293 e. The van der Waals surface area contributed by atoms with E-state index in [1.807, 2.05) is 24.3 Å². The van der Waals surface area contributed by atoms with Crippen LogP contribution in [-0.4, -0.2) is 48.9 Å². The molecule has 0 saturated carbocycles. The lowest BCUT2D eigenvalue weighted by Crippen LogP contribution is -2.29. The Morgan fingerprint density at radius 2 is 1.76 bits per heavy atom. The Bertz CT molecular complexity index is 833. The Kier molecular flexibility index (Phi) is 4.11. The Morgan fingerprint density at radius 3 is 2.48 bits per heavy atom. The van der Waals surface area contributed by atoms with Gasteiger partial charge in [0.25, 0.3) is 11.9 Å². The molecule has 1 amide bonds. The number of nitrogens with one attached hydrogen (secondary N) is 2. The van der Waals surface area contributed by atoms with Crippen molar-refractivity contribution in [1.82, 2.24) is 29.9 Å². The monoisotopic (exact) mass is 338 g/mol. The zero-order valence-corrected chi connectivity index (χ0v) is 13.6. The van der Waals surface area contributed by atoms with Crippen LogP contribution in [-0.2, 0) is 0 Å². The summed E-state index contributed by atoms with van der Waals surface area (Å²) in [5.74, 6) is 0.0944. The van der Waals surface area contributed by atoms with Gasteiger partial charge in [-0.3, -0.25) is 14.5 Å². The summed E-state index contributed by atoms with van der Waals surface area (Å²) < 4.78 is 1.51. The molecule has 3 heterocycles. The maximum absolute atomic E-state index is 12.3. The minimum absolute atomic E-state index is 0.129. The molecular formula is C16H18N8O. The first-order valence-corrected chi connectivity index (χ1v) is 8.23. The number of carbonyl (C=O) groups is 1. The van der Waals surface area contributed by atoms with E-state index in [1.165, 1.54) is 42.2 Å². The molecule has 0 spiro atoms. The molecule has 0 atom stereocenters. The van der Waals surface area contributed by atoms with Crippen molar-refractivity contribution in [2.45, 2.75) is 19.3 Å². The van der Waals surface area contributed by atoms with Crippen molar-refractivity contribution in [3.63, 3.8) is 0 Å². The van der Waals surface area contributed by atoms with E-state index < -0.39 is 0 Å². The molecule has 3 aromatic rings. The molecule has 1 aliphatic heterocycles. The molecule has 0 radical (unpaired) electrons. The van der Waals surface area contributed by atoms with Crippen LogP contribution >= 0.6 is 0 Å². The van der Waals surface area contributed by atoms with Crippen molar-refractivity contribution in [1.29, 1.82) is 0 Å². The number of piperidine rings is 1. The molecule has 128 valence electrons. The number of anilines is 2. The van der Waals surface area contributed by atoms with Crippen molar-refractivity contribution in [3.05, 3.63) is 42.7 Å². The highest BCUT2D eigenvalue weighted by molar-refractivity contribution is 6.01. The number of aromatic nitrogens is 6. The molecule has 1 fully saturated rings. The van der Waals surface area contributed by atoms with E-state index >= 15 is 0 Å². The quantitative estimate of drug-likeness (QED) is 0.749. The smallest absolute Gasteiger partial charge is 0.293 e. The third-order valence-electron chi connectivity index (χ3n) is 4.18. The van der Waals surface area contributed by atoms with Gasteiger partial charge in [-0.25, -0.2) is 0 Å². The van der Waals surface area contributed by atoms with Gasteiger partial charge >= 0.3 is 0 Å². The molecule has 0 bridgehead atoms. The third kappa shape index (κ3) is 3.35. The Labute approximate surface area is 144 Å². The highest BCUT2D eigenvalue weighted by Gasteiger charge is 2.14. The summed E-state index contributed by atoms with van der Waals surface area (Å²) in [6, 6.07) is 7.87. The van der Waals surface area contributed by atoms with E-state index in [1.54, 1.807) is 0 Å². The van der Waals surface area contributed by atoms with Gasteiger partial charge in [0.05, 0.1) is 0 Å². The van der Waals surface area contributed by atoms with E-state index in [0.717, 1.165) is 13.1 Å². The number of hydrogen-bond donors (Lipinski definition) is 2. The maximum atomic E-state index is 12.3. The van der Waals surface area contributed by atoms with Crippen LogP contribution in [0.5, 0.6) is 0 Å². The number of carbonyl (C=O) groups excluding carboxylic acids is 1. The lowest BCUT2D eigenvalue weighted by Gasteiger charge is -2.28. The van der Waals surface area contributed by atoms with Crippen molar-refractivity contribution in [3.8, 4) is 5.95 Å². The largest absolute Gasteiger partial charge is 0.372 e. The summed E-state index contributed by atoms with van der Waals surface area (Å²) in [5.41, 5.74) is 1.90. The predicted octanol–water partition coefficient (Wildman–Crippen LogP) is 1.63. The first kappa shape index (κ1) is 15.3. The molecule has 2 aromatic heterocycles. The molecule has 0 unspecified atom stereocenters. The van der Waals surface area contributed by atoms with Gasteiger partial charge in [-0.1, -0.05) is 0 Å². The summed E-state index contributed by atoms with van der Waals surface area (Å²) >= 11 is 0. The van der Waals surface area contributed by atoms with Gasteiger partial charge in [-0.05, 0) is 43.5 Å². The van der Waals surface area contributed by atoms with Crippen molar-refractivity contribution >= 4 is 17.3 Å². The third-order valence-corrected chi connectivity index (χ3v) is 4.18. The number of rotatable bonds is 4. The minimum atomic E-state index is -0.349. The second kappa shape index (κ2) is 6.71. The van der Waals surface area contributed by atoms with Gasteiger partial charge in [-0.2, -0.15) is 4.98 Å². The fourth-order valence-electron chi connectivity index (χ4n) is 2.87. The van der Waals surface area contributed by atoms with Crippen LogP contribution in [0.2, 0.25) is 0 Å². The van der Waals surface area contributed by atoms with E-state index in [4.69, 9.17) is 0 Å². The molecule has 9 nitrogen and oxygen atoms in total. The average Bonchev–Trinajstić information content (AvgIpc) is 3.35. The van der Waals surface area contributed by atoms with Crippen LogP contribution in [0, 0.1) is 0 Å². The molecule has 4 rings (SSSR count). The summed E-state index contributed by atoms with van der Waals surface area (Å²) in [6.07, 6.45) is 6.70. The molecule has 1 aliphatic rings. The standard InChI is InChI=1S/C16H18N8O/c25-15(14-20-16(22-21-14)24-10-17-18-11-24)19-12-4-6-13(7-5-12)23-8-2-1-3-9-23/h4-7,10-11H,1-3,8-9H2,(H,19,25)(H,20,21,22). The second-order valence-electron chi connectivity index (χ2n) is 5.90. The molecule has 1 saturated heterocycles. The highest BCUT2D eigenvalue weighted by atomic mass is 16.2. The van der Waals surface area contributed by atoms with Crippen LogP contribution in [0.4, 0.5) is 11.4 Å². The number of hydrogen-bond acceptors (Lipinski definition) is 6. The van der Waals surface area contributed by atoms with Crippen molar-refractivity contribution in [2.75, 3.05) is 23.3 Å².